The first-order valence-corrected chi connectivity index (χ1v) is 10.2. The fraction of sp³-hybridized carbons (Fsp3) is 0.400. The van der Waals surface area contributed by atoms with Crippen LogP contribution in [0, 0.1) is 0 Å². The number of benzene rings is 1. The summed E-state index contributed by atoms with van der Waals surface area (Å²) in [6, 6.07) is 9.94. The standard InChI is InChI=1S/C20H22N4O2S/c25-19(22-15-10-6-1-2-7-11-15)18-16-17(23-27-18)20(26)24(13-21-16)12-14-8-4-3-5-9-14/h3-5,8-9,13,15H,1-2,6-7,10-12H2,(H,22,25). The third kappa shape index (κ3) is 3.93. The Morgan fingerprint density at radius 2 is 1.85 bits per heavy atom. The van der Waals surface area contributed by atoms with Crippen LogP contribution in [-0.2, 0) is 6.54 Å². The quantitative estimate of drug-likeness (QED) is 0.702. The van der Waals surface area contributed by atoms with Gasteiger partial charge in [0.05, 0.1) is 12.9 Å². The summed E-state index contributed by atoms with van der Waals surface area (Å²) in [7, 11) is 0. The van der Waals surface area contributed by atoms with E-state index in [-0.39, 0.29) is 23.0 Å². The largest absolute Gasteiger partial charge is 0.348 e. The van der Waals surface area contributed by atoms with Gasteiger partial charge in [-0.05, 0) is 29.9 Å². The Kier molecular flexibility index (Phi) is 5.29. The Labute approximate surface area is 161 Å². The minimum absolute atomic E-state index is 0.165. The van der Waals surface area contributed by atoms with Crippen molar-refractivity contribution >= 4 is 28.5 Å². The highest BCUT2D eigenvalue weighted by Gasteiger charge is 2.21. The van der Waals surface area contributed by atoms with E-state index in [2.05, 4.69) is 14.7 Å². The number of hydrogen-bond donors (Lipinski definition) is 1. The Morgan fingerprint density at radius 3 is 2.59 bits per heavy atom. The molecule has 4 rings (SSSR count). The molecule has 140 valence electrons. The number of fused-ring (bicyclic) bond motifs is 1. The topological polar surface area (TPSA) is 76.9 Å². The highest BCUT2D eigenvalue weighted by Crippen LogP contribution is 2.21. The molecule has 0 aliphatic heterocycles. The molecule has 1 aliphatic rings. The van der Waals surface area contributed by atoms with Gasteiger partial charge in [0.1, 0.15) is 10.4 Å². The van der Waals surface area contributed by atoms with Crippen LogP contribution in [0.15, 0.2) is 41.5 Å². The molecule has 0 saturated heterocycles. The number of carbonyl (C=O) groups is 1. The van der Waals surface area contributed by atoms with E-state index in [0.717, 1.165) is 42.8 Å². The van der Waals surface area contributed by atoms with Crippen molar-refractivity contribution in [2.75, 3.05) is 0 Å². The molecule has 1 N–H and O–H groups in total. The molecule has 0 atom stereocenters. The van der Waals surface area contributed by atoms with Crippen LogP contribution in [0.3, 0.4) is 0 Å². The van der Waals surface area contributed by atoms with Gasteiger partial charge in [0.25, 0.3) is 11.5 Å². The average Bonchev–Trinajstić information content (AvgIpc) is 2.96. The summed E-state index contributed by atoms with van der Waals surface area (Å²) in [4.78, 5) is 30.2. The van der Waals surface area contributed by atoms with E-state index in [9.17, 15) is 9.59 Å². The number of aromatic nitrogens is 3. The van der Waals surface area contributed by atoms with Gasteiger partial charge in [0.2, 0.25) is 0 Å². The molecule has 2 aromatic heterocycles. The van der Waals surface area contributed by atoms with E-state index >= 15 is 0 Å². The summed E-state index contributed by atoms with van der Waals surface area (Å²) in [5.41, 5.74) is 1.47. The van der Waals surface area contributed by atoms with Gasteiger partial charge in [-0.1, -0.05) is 56.0 Å². The van der Waals surface area contributed by atoms with Gasteiger partial charge in [-0.2, -0.15) is 4.37 Å². The van der Waals surface area contributed by atoms with Crippen molar-refractivity contribution in [1.29, 1.82) is 0 Å². The van der Waals surface area contributed by atoms with Crippen LogP contribution in [0.5, 0.6) is 0 Å². The van der Waals surface area contributed by atoms with Crippen LogP contribution < -0.4 is 10.9 Å². The third-order valence-electron chi connectivity index (χ3n) is 5.05. The van der Waals surface area contributed by atoms with Crippen molar-refractivity contribution in [3.05, 3.63) is 57.5 Å². The van der Waals surface area contributed by atoms with Crippen molar-refractivity contribution in [3.8, 4) is 0 Å². The third-order valence-corrected chi connectivity index (χ3v) is 5.88. The van der Waals surface area contributed by atoms with Gasteiger partial charge >= 0.3 is 0 Å². The Morgan fingerprint density at radius 1 is 1.11 bits per heavy atom. The van der Waals surface area contributed by atoms with Gasteiger partial charge in [0, 0.05) is 6.04 Å². The number of carbonyl (C=O) groups excluding carboxylic acids is 1. The molecule has 0 bridgehead atoms. The SMILES string of the molecule is O=C(NC1CCCCCC1)c1snc2c(=O)n(Cc3ccccc3)cnc12. The molecular weight excluding hydrogens is 360 g/mol. The fourth-order valence-corrected chi connectivity index (χ4v) is 4.30. The van der Waals surface area contributed by atoms with Gasteiger partial charge in [-0.3, -0.25) is 14.2 Å². The number of nitrogens with one attached hydrogen (secondary N) is 1. The summed E-state index contributed by atoms with van der Waals surface area (Å²) in [5, 5.41) is 3.11. The van der Waals surface area contributed by atoms with E-state index in [1.165, 1.54) is 23.7 Å². The van der Waals surface area contributed by atoms with Crippen LogP contribution in [0.1, 0.15) is 53.8 Å². The molecule has 0 spiro atoms. The molecule has 1 aromatic carbocycles. The molecular formula is C20H22N4O2S. The number of hydrogen-bond acceptors (Lipinski definition) is 5. The van der Waals surface area contributed by atoms with Crippen LogP contribution in [0.4, 0.5) is 0 Å². The maximum Gasteiger partial charge on any atom is 0.281 e. The molecule has 1 aliphatic carbocycles. The zero-order chi connectivity index (χ0) is 18.6. The molecule has 1 fully saturated rings. The van der Waals surface area contributed by atoms with Gasteiger partial charge < -0.3 is 5.32 Å². The number of rotatable bonds is 4. The molecule has 1 saturated carbocycles. The second-order valence-corrected chi connectivity index (χ2v) is 7.81. The average molecular weight is 382 g/mol. The Bertz CT molecular complexity index is 988. The van der Waals surface area contributed by atoms with Crippen LogP contribution in [-0.4, -0.2) is 25.9 Å². The molecule has 3 aromatic rings. The second-order valence-electron chi connectivity index (χ2n) is 7.03. The van der Waals surface area contributed by atoms with Gasteiger partial charge in [-0.25, -0.2) is 4.98 Å². The Hall–Kier alpha value is -2.54. The molecule has 27 heavy (non-hydrogen) atoms. The summed E-state index contributed by atoms with van der Waals surface area (Å²) < 4.78 is 5.77. The lowest BCUT2D eigenvalue weighted by Gasteiger charge is -2.15. The monoisotopic (exact) mass is 382 g/mol. The fourth-order valence-electron chi connectivity index (χ4n) is 3.58. The van der Waals surface area contributed by atoms with E-state index in [1.807, 2.05) is 30.3 Å². The second kappa shape index (κ2) is 8.00. The maximum absolute atomic E-state index is 12.7. The molecule has 6 nitrogen and oxygen atoms in total. The lowest BCUT2D eigenvalue weighted by molar-refractivity contribution is 0.0939. The minimum atomic E-state index is -0.214. The first kappa shape index (κ1) is 17.9. The van der Waals surface area contributed by atoms with Crippen molar-refractivity contribution in [1.82, 2.24) is 19.2 Å². The van der Waals surface area contributed by atoms with Crippen molar-refractivity contribution in [3.63, 3.8) is 0 Å². The van der Waals surface area contributed by atoms with Gasteiger partial charge in [-0.15, -0.1) is 0 Å². The van der Waals surface area contributed by atoms with Crippen LogP contribution >= 0.6 is 11.5 Å². The summed E-state index contributed by atoms with van der Waals surface area (Å²) in [6.07, 6.45) is 8.30. The lowest BCUT2D eigenvalue weighted by Crippen LogP contribution is -2.34. The molecule has 7 heteroatoms. The lowest BCUT2D eigenvalue weighted by atomic mass is 10.1. The van der Waals surface area contributed by atoms with E-state index < -0.39 is 0 Å². The minimum Gasteiger partial charge on any atom is -0.348 e. The first-order valence-electron chi connectivity index (χ1n) is 9.42. The van der Waals surface area contributed by atoms with Crippen molar-refractivity contribution in [2.45, 2.75) is 51.1 Å². The van der Waals surface area contributed by atoms with E-state index in [0.29, 0.717) is 16.9 Å². The summed E-state index contributed by atoms with van der Waals surface area (Å²) >= 11 is 1.06. The van der Waals surface area contributed by atoms with Crippen LogP contribution in [0.2, 0.25) is 0 Å². The first-order chi connectivity index (χ1) is 13.2. The molecule has 0 unspecified atom stereocenters. The number of amides is 1. The van der Waals surface area contributed by atoms with Crippen LogP contribution in [0.25, 0.3) is 11.0 Å². The highest BCUT2D eigenvalue weighted by molar-refractivity contribution is 7.09. The predicted molar refractivity (Wildman–Crippen MR) is 106 cm³/mol. The molecule has 2 heterocycles. The maximum atomic E-state index is 12.7. The summed E-state index contributed by atoms with van der Waals surface area (Å²) in [5.74, 6) is -0.165. The van der Waals surface area contributed by atoms with Crippen molar-refractivity contribution in [2.24, 2.45) is 0 Å². The molecule has 1 amide bonds. The predicted octanol–water partition coefficient (Wildman–Crippen LogP) is 3.35. The highest BCUT2D eigenvalue weighted by atomic mass is 32.1. The van der Waals surface area contributed by atoms with E-state index in [1.54, 1.807) is 0 Å². The summed E-state index contributed by atoms with van der Waals surface area (Å²) in [6.45, 7) is 0.434. The smallest absolute Gasteiger partial charge is 0.281 e. The number of nitrogens with zero attached hydrogens (tertiary/aromatic N) is 3. The Balaban J connectivity index is 1.57. The van der Waals surface area contributed by atoms with Gasteiger partial charge in [0.15, 0.2) is 5.52 Å². The zero-order valence-corrected chi connectivity index (χ0v) is 15.9. The van der Waals surface area contributed by atoms with E-state index in [4.69, 9.17) is 0 Å². The molecule has 0 radical (unpaired) electrons. The normalized spacial score (nSPS) is 15.6. The van der Waals surface area contributed by atoms with Crippen molar-refractivity contribution < 1.29 is 4.79 Å². The zero-order valence-electron chi connectivity index (χ0n) is 15.1.